The summed E-state index contributed by atoms with van der Waals surface area (Å²) in [5.41, 5.74) is 2.61. The standard InChI is InChI=1S/C16H13NO2/c1-17-13-10-6-5-9-12(13)14(16(17)19)15(18)11-7-3-2-4-8-11/h2-10,18H,1H3. The first-order valence-corrected chi connectivity index (χ1v) is 6.06. The molecular weight excluding hydrogens is 238 g/mol. The molecule has 0 aliphatic carbocycles. The van der Waals surface area contributed by atoms with E-state index in [1.54, 1.807) is 24.1 Å². The number of likely N-dealkylation sites (N-methyl/N-ethyl adjacent to an activating group) is 1. The van der Waals surface area contributed by atoms with Crippen molar-refractivity contribution in [3.8, 4) is 0 Å². The van der Waals surface area contributed by atoms with Crippen molar-refractivity contribution >= 4 is 22.9 Å². The number of carbonyl (C=O) groups excluding carboxylic acids is 1. The molecule has 0 atom stereocenters. The van der Waals surface area contributed by atoms with E-state index >= 15 is 0 Å². The Balaban J connectivity index is 2.23. The molecule has 1 aliphatic heterocycles. The van der Waals surface area contributed by atoms with E-state index in [9.17, 15) is 9.90 Å². The number of carbonyl (C=O) groups is 1. The molecule has 3 heteroatoms. The molecule has 1 amide bonds. The zero-order valence-electron chi connectivity index (χ0n) is 10.5. The lowest BCUT2D eigenvalue weighted by Crippen LogP contribution is -2.20. The van der Waals surface area contributed by atoms with Gasteiger partial charge in [-0.3, -0.25) is 4.79 Å². The highest BCUT2D eigenvalue weighted by Gasteiger charge is 2.32. The van der Waals surface area contributed by atoms with E-state index in [1.165, 1.54) is 0 Å². The van der Waals surface area contributed by atoms with Gasteiger partial charge in [-0.05, 0) is 6.07 Å². The van der Waals surface area contributed by atoms with Gasteiger partial charge >= 0.3 is 0 Å². The zero-order chi connectivity index (χ0) is 13.4. The molecule has 3 nitrogen and oxygen atoms in total. The molecule has 2 aromatic rings. The molecule has 1 N–H and O–H groups in total. The Morgan fingerprint density at radius 3 is 2.37 bits per heavy atom. The summed E-state index contributed by atoms with van der Waals surface area (Å²) < 4.78 is 0. The van der Waals surface area contributed by atoms with Crippen LogP contribution >= 0.6 is 0 Å². The Morgan fingerprint density at radius 2 is 1.63 bits per heavy atom. The lowest BCUT2D eigenvalue weighted by Gasteiger charge is -2.08. The first-order valence-electron chi connectivity index (χ1n) is 6.06. The summed E-state index contributed by atoms with van der Waals surface area (Å²) in [5, 5.41) is 10.4. The lowest BCUT2D eigenvalue weighted by atomic mass is 10.0. The molecule has 3 rings (SSSR count). The van der Waals surface area contributed by atoms with Crippen LogP contribution in [0.2, 0.25) is 0 Å². The van der Waals surface area contributed by atoms with Gasteiger partial charge in [0.15, 0.2) is 0 Å². The number of aliphatic hydroxyl groups excluding tert-OH is 1. The fourth-order valence-corrected chi connectivity index (χ4v) is 2.34. The van der Waals surface area contributed by atoms with Crippen LogP contribution in [0.4, 0.5) is 5.69 Å². The van der Waals surface area contributed by atoms with Crippen molar-refractivity contribution in [2.45, 2.75) is 0 Å². The first-order chi connectivity index (χ1) is 9.20. The molecule has 0 saturated carbocycles. The summed E-state index contributed by atoms with van der Waals surface area (Å²) in [6.45, 7) is 0. The first kappa shape index (κ1) is 11.5. The second-order valence-electron chi connectivity index (χ2n) is 4.47. The number of anilines is 1. The highest BCUT2D eigenvalue weighted by Crippen LogP contribution is 2.38. The topological polar surface area (TPSA) is 40.5 Å². The van der Waals surface area contributed by atoms with Crippen molar-refractivity contribution in [3.63, 3.8) is 0 Å². The maximum atomic E-state index is 12.3. The third kappa shape index (κ3) is 1.71. The van der Waals surface area contributed by atoms with Crippen molar-refractivity contribution in [1.82, 2.24) is 0 Å². The van der Waals surface area contributed by atoms with Crippen LogP contribution in [-0.4, -0.2) is 18.1 Å². The summed E-state index contributed by atoms with van der Waals surface area (Å²) >= 11 is 0. The predicted molar refractivity (Wildman–Crippen MR) is 75.7 cm³/mol. The Kier molecular flexibility index (Phi) is 2.60. The van der Waals surface area contributed by atoms with Crippen molar-refractivity contribution in [2.75, 3.05) is 11.9 Å². The minimum Gasteiger partial charge on any atom is -0.506 e. The summed E-state index contributed by atoms with van der Waals surface area (Å²) in [7, 11) is 1.71. The quantitative estimate of drug-likeness (QED) is 0.625. The van der Waals surface area contributed by atoms with Crippen LogP contribution in [-0.2, 0) is 4.79 Å². The predicted octanol–water partition coefficient (Wildman–Crippen LogP) is 3.09. The molecule has 94 valence electrons. The van der Waals surface area contributed by atoms with Gasteiger partial charge in [0.05, 0.1) is 11.3 Å². The van der Waals surface area contributed by atoms with Crippen LogP contribution in [0.1, 0.15) is 11.1 Å². The molecule has 19 heavy (non-hydrogen) atoms. The van der Waals surface area contributed by atoms with Crippen molar-refractivity contribution in [2.24, 2.45) is 0 Å². The molecule has 1 aliphatic rings. The highest BCUT2D eigenvalue weighted by molar-refractivity contribution is 6.36. The van der Waals surface area contributed by atoms with E-state index in [-0.39, 0.29) is 11.7 Å². The average Bonchev–Trinajstić information content (AvgIpc) is 2.72. The number of rotatable bonds is 1. The number of nitrogens with zero attached hydrogens (tertiary/aromatic N) is 1. The Labute approximate surface area is 111 Å². The van der Waals surface area contributed by atoms with E-state index < -0.39 is 0 Å². The van der Waals surface area contributed by atoms with E-state index in [0.29, 0.717) is 11.1 Å². The van der Waals surface area contributed by atoms with Crippen LogP contribution in [0, 0.1) is 0 Å². The number of benzene rings is 2. The molecule has 0 bridgehead atoms. The molecular formula is C16H13NO2. The monoisotopic (exact) mass is 251 g/mol. The second-order valence-corrected chi connectivity index (χ2v) is 4.47. The minimum absolute atomic E-state index is 0.0300. The largest absolute Gasteiger partial charge is 0.506 e. The average molecular weight is 251 g/mol. The van der Waals surface area contributed by atoms with E-state index in [2.05, 4.69) is 0 Å². The third-order valence-corrected chi connectivity index (χ3v) is 3.34. The summed E-state index contributed by atoms with van der Waals surface area (Å²) in [6.07, 6.45) is 0. The number of para-hydroxylation sites is 1. The van der Waals surface area contributed by atoms with Gasteiger partial charge in [0.25, 0.3) is 5.91 Å². The van der Waals surface area contributed by atoms with E-state index in [4.69, 9.17) is 0 Å². The second kappa shape index (κ2) is 4.28. The number of fused-ring (bicyclic) bond motifs is 1. The van der Waals surface area contributed by atoms with Gasteiger partial charge in [0.2, 0.25) is 0 Å². The maximum absolute atomic E-state index is 12.3. The number of hydrogen-bond donors (Lipinski definition) is 1. The number of hydrogen-bond acceptors (Lipinski definition) is 2. The Hall–Kier alpha value is -2.55. The van der Waals surface area contributed by atoms with Crippen molar-refractivity contribution in [3.05, 3.63) is 65.7 Å². The van der Waals surface area contributed by atoms with Crippen LogP contribution in [0.25, 0.3) is 11.3 Å². The van der Waals surface area contributed by atoms with Gasteiger partial charge in [-0.25, -0.2) is 0 Å². The van der Waals surface area contributed by atoms with Crippen molar-refractivity contribution in [1.29, 1.82) is 0 Å². The third-order valence-electron chi connectivity index (χ3n) is 3.34. The maximum Gasteiger partial charge on any atom is 0.262 e. The van der Waals surface area contributed by atoms with Crippen LogP contribution in [0.15, 0.2) is 54.6 Å². The molecule has 0 unspecified atom stereocenters. The van der Waals surface area contributed by atoms with E-state index in [1.807, 2.05) is 42.5 Å². The van der Waals surface area contributed by atoms with Gasteiger partial charge in [-0.15, -0.1) is 0 Å². The zero-order valence-corrected chi connectivity index (χ0v) is 10.5. The number of aliphatic hydroxyl groups is 1. The lowest BCUT2D eigenvalue weighted by molar-refractivity contribution is -0.112. The molecule has 2 aromatic carbocycles. The van der Waals surface area contributed by atoms with Gasteiger partial charge in [0.1, 0.15) is 5.76 Å². The number of amides is 1. The normalized spacial score (nSPS) is 16.5. The van der Waals surface area contributed by atoms with Gasteiger partial charge in [0, 0.05) is 18.2 Å². The molecule has 0 fully saturated rings. The molecule has 0 aromatic heterocycles. The van der Waals surface area contributed by atoms with E-state index in [0.717, 1.165) is 11.3 Å². The molecule has 0 saturated heterocycles. The highest BCUT2D eigenvalue weighted by atomic mass is 16.3. The smallest absolute Gasteiger partial charge is 0.262 e. The summed E-state index contributed by atoms with van der Waals surface area (Å²) in [5.74, 6) is -0.148. The Bertz CT molecular complexity index is 674. The van der Waals surface area contributed by atoms with Gasteiger partial charge in [-0.1, -0.05) is 48.5 Å². The van der Waals surface area contributed by atoms with Gasteiger partial charge in [-0.2, -0.15) is 0 Å². The fourth-order valence-electron chi connectivity index (χ4n) is 2.34. The van der Waals surface area contributed by atoms with Crippen LogP contribution < -0.4 is 4.90 Å². The SMILES string of the molecule is CN1C(=O)C(=C(O)c2ccccc2)c2ccccc21. The van der Waals surface area contributed by atoms with Crippen LogP contribution in [0.5, 0.6) is 0 Å². The summed E-state index contributed by atoms with van der Waals surface area (Å²) in [4.78, 5) is 13.8. The van der Waals surface area contributed by atoms with Crippen LogP contribution in [0.3, 0.4) is 0 Å². The minimum atomic E-state index is -0.178. The molecule has 0 radical (unpaired) electrons. The fraction of sp³-hybridized carbons (Fsp3) is 0.0625. The molecule has 0 spiro atoms. The van der Waals surface area contributed by atoms with Gasteiger partial charge < -0.3 is 10.0 Å². The summed E-state index contributed by atoms with van der Waals surface area (Å²) in [6, 6.07) is 16.6. The van der Waals surface area contributed by atoms with Crippen molar-refractivity contribution < 1.29 is 9.90 Å². The molecule has 1 heterocycles. The Morgan fingerprint density at radius 1 is 1.00 bits per heavy atom.